The molecule has 0 aliphatic heterocycles. The molecule has 10 nitrogen and oxygen atoms in total. The minimum atomic E-state index is -0.119. The Morgan fingerprint density at radius 2 is 1.84 bits per heavy atom. The number of carbonyl (C=O) groups excluding carboxylic acids is 1. The first-order valence-electron chi connectivity index (χ1n) is 9.81. The third kappa shape index (κ3) is 4.38. The third-order valence-corrected chi connectivity index (χ3v) is 4.67. The molecule has 0 unspecified atom stereocenters. The maximum absolute atomic E-state index is 12.2. The van der Waals surface area contributed by atoms with Crippen molar-refractivity contribution in [1.82, 2.24) is 29.7 Å². The third-order valence-electron chi connectivity index (χ3n) is 4.67. The number of nitrogens with zero attached hydrogens (tertiary/aromatic N) is 6. The predicted octanol–water partition coefficient (Wildman–Crippen LogP) is 3.67. The first-order chi connectivity index (χ1) is 15.4. The highest BCUT2D eigenvalue weighted by Crippen LogP contribution is 2.37. The van der Waals surface area contributed by atoms with Crippen LogP contribution in [-0.2, 0) is 7.05 Å². The van der Waals surface area contributed by atoms with Gasteiger partial charge in [0, 0.05) is 31.1 Å². The first-order valence-corrected chi connectivity index (χ1v) is 9.81. The van der Waals surface area contributed by atoms with E-state index in [0.29, 0.717) is 40.1 Å². The standard InChI is InChI=1S/C22H22N8O2/c1-13-8-19(25-11-24-13)28-20-9-18(16(10-23-20)14(2)31)27-17-7-5-6-15(21(17)32-4)22-26-12-30(3)29-22/h5-12H,1-4H3,(H2,23,24,25,27,28). The molecule has 2 N–H and O–H groups in total. The van der Waals surface area contributed by atoms with E-state index in [1.807, 2.05) is 25.1 Å². The van der Waals surface area contributed by atoms with Crippen molar-refractivity contribution in [2.75, 3.05) is 17.7 Å². The molecule has 3 aromatic heterocycles. The van der Waals surface area contributed by atoms with Gasteiger partial charge in [0.2, 0.25) is 0 Å². The molecule has 10 heteroatoms. The highest BCUT2D eigenvalue weighted by molar-refractivity contribution is 6.00. The molecule has 0 spiro atoms. The van der Waals surface area contributed by atoms with E-state index in [-0.39, 0.29) is 5.78 Å². The highest BCUT2D eigenvalue weighted by atomic mass is 16.5. The second-order valence-corrected chi connectivity index (χ2v) is 7.09. The number of hydrogen-bond donors (Lipinski definition) is 2. The zero-order chi connectivity index (χ0) is 22.7. The van der Waals surface area contributed by atoms with Crippen LogP contribution < -0.4 is 15.4 Å². The topological polar surface area (TPSA) is 120 Å². The van der Waals surface area contributed by atoms with Crippen LogP contribution in [0.4, 0.5) is 23.0 Å². The largest absolute Gasteiger partial charge is 0.494 e. The van der Waals surface area contributed by atoms with Gasteiger partial charge in [0.15, 0.2) is 17.4 Å². The Labute approximate surface area is 184 Å². The summed E-state index contributed by atoms with van der Waals surface area (Å²) in [6, 6.07) is 9.16. The van der Waals surface area contributed by atoms with E-state index in [1.165, 1.54) is 19.4 Å². The van der Waals surface area contributed by atoms with Crippen LogP contribution >= 0.6 is 0 Å². The average molecular weight is 430 g/mol. The lowest BCUT2D eigenvalue weighted by Crippen LogP contribution is -2.05. The molecule has 4 rings (SSSR count). The van der Waals surface area contributed by atoms with Gasteiger partial charge in [-0.1, -0.05) is 6.07 Å². The number of benzene rings is 1. The van der Waals surface area contributed by atoms with Crippen molar-refractivity contribution in [3.05, 3.63) is 60.4 Å². The van der Waals surface area contributed by atoms with Crippen molar-refractivity contribution in [3.8, 4) is 17.1 Å². The zero-order valence-corrected chi connectivity index (χ0v) is 18.1. The molecule has 0 atom stereocenters. The fourth-order valence-electron chi connectivity index (χ4n) is 3.20. The van der Waals surface area contributed by atoms with Gasteiger partial charge in [0.05, 0.1) is 29.6 Å². The van der Waals surface area contributed by atoms with Gasteiger partial charge < -0.3 is 15.4 Å². The maximum atomic E-state index is 12.2. The van der Waals surface area contributed by atoms with E-state index in [9.17, 15) is 4.79 Å². The molecule has 0 amide bonds. The van der Waals surface area contributed by atoms with E-state index in [2.05, 4.69) is 35.7 Å². The van der Waals surface area contributed by atoms with E-state index < -0.39 is 0 Å². The van der Waals surface area contributed by atoms with Crippen LogP contribution in [0.5, 0.6) is 5.75 Å². The minimum absolute atomic E-state index is 0.119. The lowest BCUT2D eigenvalue weighted by molar-refractivity contribution is 0.101. The summed E-state index contributed by atoms with van der Waals surface area (Å²) < 4.78 is 7.29. The molecule has 3 heterocycles. The number of anilines is 4. The van der Waals surface area contributed by atoms with E-state index in [0.717, 1.165) is 11.3 Å². The number of methoxy groups -OCH3 is 1. The molecule has 32 heavy (non-hydrogen) atoms. The normalized spacial score (nSPS) is 10.6. The van der Waals surface area contributed by atoms with Gasteiger partial charge in [-0.3, -0.25) is 9.48 Å². The van der Waals surface area contributed by atoms with Gasteiger partial charge in [-0.15, -0.1) is 0 Å². The number of aryl methyl sites for hydroxylation is 2. The Bertz CT molecular complexity index is 1280. The quantitative estimate of drug-likeness (QED) is 0.423. The van der Waals surface area contributed by atoms with Crippen molar-refractivity contribution in [2.45, 2.75) is 13.8 Å². The van der Waals surface area contributed by atoms with Crippen LogP contribution in [0.1, 0.15) is 23.0 Å². The van der Waals surface area contributed by atoms with Crippen LogP contribution in [-0.4, -0.2) is 42.6 Å². The molecule has 0 saturated carbocycles. The van der Waals surface area contributed by atoms with Crippen LogP contribution in [0.2, 0.25) is 0 Å². The summed E-state index contributed by atoms with van der Waals surface area (Å²) in [4.78, 5) is 29.2. The lowest BCUT2D eigenvalue weighted by Gasteiger charge is -2.16. The number of carbonyl (C=O) groups is 1. The molecule has 0 bridgehead atoms. The van der Waals surface area contributed by atoms with Crippen molar-refractivity contribution in [1.29, 1.82) is 0 Å². The Morgan fingerprint density at radius 3 is 2.53 bits per heavy atom. The van der Waals surface area contributed by atoms with Gasteiger partial charge in [0.1, 0.15) is 24.3 Å². The van der Waals surface area contributed by atoms with Crippen molar-refractivity contribution < 1.29 is 9.53 Å². The number of para-hydroxylation sites is 1. The van der Waals surface area contributed by atoms with Crippen molar-refractivity contribution in [2.24, 2.45) is 7.05 Å². The summed E-state index contributed by atoms with van der Waals surface area (Å²) >= 11 is 0. The lowest BCUT2D eigenvalue weighted by atomic mass is 10.1. The van der Waals surface area contributed by atoms with Crippen molar-refractivity contribution in [3.63, 3.8) is 0 Å². The van der Waals surface area contributed by atoms with Gasteiger partial charge in [-0.2, -0.15) is 5.10 Å². The molecule has 0 saturated heterocycles. The monoisotopic (exact) mass is 430 g/mol. The minimum Gasteiger partial charge on any atom is -0.494 e. The number of rotatable bonds is 7. The Kier molecular flexibility index (Phi) is 5.75. The maximum Gasteiger partial charge on any atom is 0.184 e. The summed E-state index contributed by atoms with van der Waals surface area (Å²) in [6.45, 7) is 3.37. The molecular formula is C22H22N8O2. The van der Waals surface area contributed by atoms with Crippen LogP contribution in [0, 0.1) is 6.92 Å². The molecule has 1 aromatic carbocycles. The summed E-state index contributed by atoms with van der Waals surface area (Å²) in [5, 5.41) is 10.8. The smallest absolute Gasteiger partial charge is 0.184 e. The van der Waals surface area contributed by atoms with E-state index >= 15 is 0 Å². The van der Waals surface area contributed by atoms with Crippen LogP contribution in [0.3, 0.4) is 0 Å². The molecule has 0 aliphatic carbocycles. The molecular weight excluding hydrogens is 408 g/mol. The SMILES string of the molecule is COc1c(Nc2cc(Nc3cc(C)ncn3)ncc2C(C)=O)cccc1-c1ncn(C)n1. The van der Waals surface area contributed by atoms with E-state index in [1.54, 1.807) is 37.3 Å². The number of ketones is 1. The second-order valence-electron chi connectivity index (χ2n) is 7.09. The van der Waals surface area contributed by atoms with Crippen LogP contribution in [0.25, 0.3) is 11.4 Å². The summed E-state index contributed by atoms with van der Waals surface area (Å²) in [6.07, 6.45) is 4.62. The molecule has 4 aromatic rings. The van der Waals surface area contributed by atoms with Crippen LogP contribution in [0.15, 0.2) is 49.2 Å². The fraction of sp³-hybridized carbons (Fsp3) is 0.182. The number of aromatic nitrogens is 6. The Hall–Kier alpha value is -4.34. The Morgan fingerprint density at radius 1 is 1.03 bits per heavy atom. The number of hydrogen-bond acceptors (Lipinski definition) is 9. The molecule has 162 valence electrons. The summed E-state index contributed by atoms with van der Waals surface area (Å²) in [7, 11) is 3.38. The predicted molar refractivity (Wildman–Crippen MR) is 121 cm³/mol. The number of nitrogens with one attached hydrogen (secondary N) is 2. The molecule has 0 radical (unpaired) electrons. The molecule has 0 fully saturated rings. The Balaban J connectivity index is 1.72. The van der Waals surface area contributed by atoms with Gasteiger partial charge in [0.25, 0.3) is 0 Å². The average Bonchev–Trinajstić information content (AvgIpc) is 3.19. The number of pyridine rings is 1. The van der Waals surface area contributed by atoms with Gasteiger partial charge in [-0.25, -0.2) is 19.9 Å². The summed E-state index contributed by atoms with van der Waals surface area (Å²) in [5.41, 5.74) is 3.23. The van der Waals surface area contributed by atoms with E-state index in [4.69, 9.17) is 4.74 Å². The molecule has 0 aliphatic rings. The number of ether oxygens (including phenoxy) is 1. The van der Waals surface area contributed by atoms with Gasteiger partial charge in [-0.05, 0) is 26.0 Å². The first kappa shape index (κ1) is 20.9. The van der Waals surface area contributed by atoms with Crippen molar-refractivity contribution >= 4 is 28.8 Å². The summed E-state index contributed by atoms with van der Waals surface area (Å²) in [5.74, 6) is 2.11. The zero-order valence-electron chi connectivity index (χ0n) is 18.1. The van der Waals surface area contributed by atoms with Gasteiger partial charge >= 0.3 is 0 Å². The number of Topliss-reactive ketones (excluding diaryl/α,β-unsaturated/α-hetero) is 1. The highest BCUT2D eigenvalue weighted by Gasteiger charge is 2.17. The second kappa shape index (κ2) is 8.80. The fourth-order valence-corrected chi connectivity index (χ4v) is 3.20.